The zero-order valence-electron chi connectivity index (χ0n) is 12.2. The van der Waals surface area contributed by atoms with Crippen molar-refractivity contribution in [3.63, 3.8) is 0 Å². The average Bonchev–Trinajstić information content (AvgIpc) is 3.09. The summed E-state index contributed by atoms with van der Waals surface area (Å²) in [6.45, 7) is 1.44. The van der Waals surface area contributed by atoms with E-state index in [0.717, 1.165) is 4.47 Å². The van der Waals surface area contributed by atoms with Gasteiger partial charge in [-0.05, 0) is 35.7 Å². The van der Waals surface area contributed by atoms with Gasteiger partial charge in [-0.2, -0.15) is 15.6 Å². The van der Waals surface area contributed by atoms with Gasteiger partial charge in [-0.3, -0.25) is 4.79 Å². The predicted octanol–water partition coefficient (Wildman–Crippen LogP) is 2.66. The molecule has 0 atom stereocenters. The van der Waals surface area contributed by atoms with Gasteiger partial charge in [0, 0.05) is 36.0 Å². The normalized spacial score (nSPS) is 16.5. The molecule has 2 aromatic rings. The van der Waals surface area contributed by atoms with Crippen molar-refractivity contribution in [3.05, 3.63) is 51.1 Å². The molecule has 0 radical (unpaired) electrons. The molecule has 8 heteroatoms. The molecule has 0 N–H and O–H groups in total. The number of amides is 1. The van der Waals surface area contributed by atoms with E-state index < -0.39 is 10.0 Å². The number of carbonyl (C=O) groups excluding carboxylic acids is 1. The van der Waals surface area contributed by atoms with Crippen LogP contribution in [0, 0.1) is 0 Å². The Balaban J connectivity index is 1.69. The van der Waals surface area contributed by atoms with Crippen molar-refractivity contribution < 1.29 is 13.2 Å². The number of thiophene rings is 1. The van der Waals surface area contributed by atoms with Crippen LogP contribution < -0.4 is 0 Å². The Kier molecular flexibility index (Phi) is 4.86. The number of carbonyl (C=O) groups is 1. The summed E-state index contributed by atoms with van der Waals surface area (Å²) in [6, 6.07) is 8.38. The highest BCUT2D eigenvalue weighted by atomic mass is 79.9. The predicted molar refractivity (Wildman–Crippen MR) is 93.1 cm³/mol. The maximum atomic E-state index is 12.6. The number of benzene rings is 1. The Labute approximate surface area is 147 Å². The summed E-state index contributed by atoms with van der Waals surface area (Å²) in [5, 5.41) is 3.68. The lowest BCUT2D eigenvalue weighted by Crippen LogP contribution is -2.50. The quantitative estimate of drug-likeness (QED) is 0.775. The van der Waals surface area contributed by atoms with E-state index >= 15 is 0 Å². The highest BCUT2D eigenvalue weighted by Gasteiger charge is 2.30. The second kappa shape index (κ2) is 6.72. The molecule has 1 aromatic carbocycles. The van der Waals surface area contributed by atoms with E-state index in [9.17, 15) is 13.2 Å². The molecule has 1 aliphatic heterocycles. The minimum atomic E-state index is -3.51. The molecule has 2 heterocycles. The summed E-state index contributed by atoms with van der Waals surface area (Å²) in [4.78, 5) is 14.3. The van der Waals surface area contributed by atoms with E-state index in [1.54, 1.807) is 35.2 Å². The molecule has 1 aromatic heterocycles. The van der Waals surface area contributed by atoms with Crippen molar-refractivity contribution in [1.29, 1.82) is 0 Å². The molecule has 1 fully saturated rings. The third kappa shape index (κ3) is 3.50. The van der Waals surface area contributed by atoms with Gasteiger partial charge in [0.15, 0.2) is 0 Å². The molecule has 1 aliphatic rings. The standard InChI is InChI=1S/C15H15BrN2O3S2/c16-13-1-3-14(4-2-13)23(20,21)18-8-6-17(7-9-18)15(19)12-5-10-22-11-12/h1-5,10-11H,6-9H2. The number of rotatable bonds is 3. The second-order valence-electron chi connectivity index (χ2n) is 5.16. The molecule has 0 aliphatic carbocycles. The lowest BCUT2D eigenvalue weighted by molar-refractivity contribution is 0.0698. The topological polar surface area (TPSA) is 57.7 Å². The molecule has 122 valence electrons. The van der Waals surface area contributed by atoms with E-state index in [4.69, 9.17) is 0 Å². The van der Waals surface area contributed by atoms with Crippen LogP contribution in [-0.4, -0.2) is 49.7 Å². The maximum Gasteiger partial charge on any atom is 0.254 e. The molecule has 0 spiro atoms. The van der Waals surface area contributed by atoms with Crippen LogP contribution in [0.5, 0.6) is 0 Å². The fourth-order valence-electron chi connectivity index (χ4n) is 2.46. The van der Waals surface area contributed by atoms with E-state index in [2.05, 4.69) is 15.9 Å². The first kappa shape index (κ1) is 16.6. The number of halogens is 1. The molecule has 23 heavy (non-hydrogen) atoms. The summed E-state index contributed by atoms with van der Waals surface area (Å²) in [5.41, 5.74) is 0.666. The van der Waals surface area contributed by atoms with E-state index in [-0.39, 0.29) is 10.8 Å². The third-order valence-electron chi connectivity index (χ3n) is 3.75. The van der Waals surface area contributed by atoms with Gasteiger partial charge in [0.2, 0.25) is 10.0 Å². The van der Waals surface area contributed by atoms with Crippen molar-refractivity contribution in [2.75, 3.05) is 26.2 Å². The van der Waals surface area contributed by atoms with Gasteiger partial charge >= 0.3 is 0 Å². The zero-order valence-corrected chi connectivity index (χ0v) is 15.4. The Bertz CT molecular complexity index is 781. The fraction of sp³-hybridized carbons (Fsp3) is 0.267. The van der Waals surface area contributed by atoms with Crippen LogP contribution in [0.4, 0.5) is 0 Å². The van der Waals surface area contributed by atoms with Crippen molar-refractivity contribution in [1.82, 2.24) is 9.21 Å². The second-order valence-corrected chi connectivity index (χ2v) is 8.80. The Morgan fingerprint density at radius 3 is 2.26 bits per heavy atom. The highest BCUT2D eigenvalue weighted by Crippen LogP contribution is 2.21. The molecule has 0 bridgehead atoms. The van der Waals surface area contributed by atoms with Gasteiger partial charge in [0.05, 0.1) is 10.5 Å². The monoisotopic (exact) mass is 414 g/mol. The van der Waals surface area contributed by atoms with Crippen LogP contribution in [0.2, 0.25) is 0 Å². The number of hydrogen-bond acceptors (Lipinski definition) is 4. The first-order valence-electron chi connectivity index (χ1n) is 7.06. The summed E-state index contributed by atoms with van der Waals surface area (Å²) < 4.78 is 27.5. The average molecular weight is 415 g/mol. The molecule has 1 amide bonds. The third-order valence-corrected chi connectivity index (χ3v) is 6.87. The number of sulfonamides is 1. The SMILES string of the molecule is O=C(c1ccsc1)N1CCN(S(=O)(=O)c2ccc(Br)cc2)CC1. The smallest absolute Gasteiger partial charge is 0.254 e. The Morgan fingerprint density at radius 2 is 1.70 bits per heavy atom. The Hall–Kier alpha value is -1.22. The zero-order chi connectivity index (χ0) is 16.4. The number of hydrogen-bond donors (Lipinski definition) is 0. The van der Waals surface area contributed by atoms with Crippen LogP contribution in [0.3, 0.4) is 0 Å². The summed E-state index contributed by atoms with van der Waals surface area (Å²) in [5.74, 6) is -0.0352. The molecule has 3 rings (SSSR count). The molecule has 0 saturated carbocycles. The number of piperazine rings is 1. The van der Waals surface area contributed by atoms with E-state index in [1.165, 1.54) is 15.6 Å². The molecule has 1 saturated heterocycles. The lowest BCUT2D eigenvalue weighted by atomic mass is 10.2. The maximum absolute atomic E-state index is 12.6. The molecular weight excluding hydrogens is 400 g/mol. The summed E-state index contributed by atoms with van der Waals surface area (Å²) >= 11 is 4.78. The first-order valence-corrected chi connectivity index (χ1v) is 10.2. The van der Waals surface area contributed by atoms with Crippen molar-refractivity contribution >= 4 is 43.2 Å². The van der Waals surface area contributed by atoms with Gasteiger partial charge in [-0.15, -0.1) is 0 Å². The van der Waals surface area contributed by atoms with E-state index in [0.29, 0.717) is 31.7 Å². The van der Waals surface area contributed by atoms with Crippen LogP contribution in [0.25, 0.3) is 0 Å². The number of nitrogens with zero attached hydrogens (tertiary/aromatic N) is 2. The highest BCUT2D eigenvalue weighted by molar-refractivity contribution is 9.10. The molecule has 0 unspecified atom stereocenters. The van der Waals surface area contributed by atoms with Crippen molar-refractivity contribution in [3.8, 4) is 0 Å². The largest absolute Gasteiger partial charge is 0.336 e. The van der Waals surface area contributed by atoms with Gasteiger partial charge in [-0.1, -0.05) is 15.9 Å². The minimum Gasteiger partial charge on any atom is -0.336 e. The van der Waals surface area contributed by atoms with Gasteiger partial charge < -0.3 is 4.90 Å². The van der Waals surface area contributed by atoms with Crippen molar-refractivity contribution in [2.45, 2.75) is 4.90 Å². The first-order chi connectivity index (χ1) is 11.0. The summed E-state index contributed by atoms with van der Waals surface area (Å²) in [7, 11) is -3.51. The van der Waals surface area contributed by atoms with Crippen LogP contribution in [0.15, 0.2) is 50.5 Å². The van der Waals surface area contributed by atoms with Gasteiger partial charge in [0.1, 0.15) is 0 Å². The van der Waals surface area contributed by atoms with Crippen LogP contribution in [-0.2, 0) is 10.0 Å². The van der Waals surface area contributed by atoms with Crippen LogP contribution >= 0.6 is 27.3 Å². The molecule has 5 nitrogen and oxygen atoms in total. The molecular formula is C15H15BrN2O3S2. The lowest BCUT2D eigenvalue weighted by Gasteiger charge is -2.33. The van der Waals surface area contributed by atoms with Crippen LogP contribution in [0.1, 0.15) is 10.4 Å². The fourth-order valence-corrected chi connectivity index (χ4v) is 4.77. The minimum absolute atomic E-state index is 0.0352. The van der Waals surface area contributed by atoms with Crippen molar-refractivity contribution in [2.24, 2.45) is 0 Å². The van der Waals surface area contributed by atoms with Gasteiger partial charge in [0.25, 0.3) is 5.91 Å². The Morgan fingerprint density at radius 1 is 1.04 bits per heavy atom. The van der Waals surface area contributed by atoms with E-state index in [1.807, 2.05) is 10.8 Å². The summed E-state index contributed by atoms with van der Waals surface area (Å²) in [6.07, 6.45) is 0. The van der Waals surface area contributed by atoms with Gasteiger partial charge in [-0.25, -0.2) is 8.42 Å².